The van der Waals surface area contributed by atoms with Gasteiger partial charge >= 0.3 is 19.8 Å². The molecule has 0 aromatic rings. The Hall–Kier alpha value is -2.19. The van der Waals surface area contributed by atoms with Crippen LogP contribution in [0.1, 0.15) is 136 Å². The monoisotopic (exact) mass is 788 g/mol. The van der Waals surface area contributed by atoms with E-state index in [-0.39, 0.29) is 12.8 Å². The molecule has 312 valence electrons. The SMILES string of the molecule is CC/C=C\C/C=C\C/C=C\CCCCCCCC(=O)OC(COC(=O)CCCCCCC/C=C\CCC)COP(=O)(O)OC1C(O)C(O)C(O)C(O)C1O. The molecule has 0 amide bonds. The molecule has 14 heteroatoms. The van der Waals surface area contributed by atoms with Gasteiger partial charge in [0.25, 0.3) is 0 Å². The molecule has 0 saturated heterocycles. The van der Waals surface area contributed by atoms with Gasteiger partial charge in [0.15, 0.2) is 6.10 Å². The van der Waals surface area contributed by atoms with Crippen molar-refractivity contribution < 1.29 is 63.1 Å². The lowest BCUT2D eigenvalue weighted by Crippen LogP contribution is -2.64. The van der Waals surface area contributed by atoms with Crippen molar-refractivity contribution in [2.45, 2.75) is 179 Å². The average molecular weight is 789 g/mol. The van der Waals surface area contributed by atoms with Gasteiger partial charge in [0.05, 0.1) is 6.61 Å². The van der Waals surface area contributed by atoms with Crippen LogP contribution in [-0.4, -0.2) is 98.3 Å². The quantitative estimate of drug-likeness (QED) is 0.0194. The first-order chi connectivity index (χ1) is 25.9. The average Bonchev–Trinajstić information content (AvgIpc) is 3.15. The Kier molecular flexibility index (Phi) is 28.6. The molecule has 1 aliphatic rings. The van der Waals surface area contributed by atoms with E-state index >= 15 is 0 Å². The first kappa shape index (κ1) is 49.8. The fourth-order valence-electron chi connectivity index (χ4n) is 5.65. The highest BCUT2D eigenvalue weighted by Gasteiger charge is 2.51. The summed E-state index contributed by atoms with van der Waals surface area (Å²) in [6.07, 6.45) is 20.5. The summed E-state index contributed by atoms with van der Waals surface area (Å²) in [5.74, 6) is -1.14. The summed E-state index contributed by atoms with van der Waals surface area (Å²) in [6, 6.07) is 0. The molecule has 0 spiro atoms. The van der Waals surface area contributed by atoms with Crippen molar-refractivity contribution in [1.82, 2.24) is 0 Å². The van der Waals surface area contributed by atoms with Crippen LogP contribution >= 0.6 is 7.82 Å². The molecule has 54 heavy (non-hydrogen) atoms. The van der Waals surface area contributed by atoms with Crippen molar-refractivity contribution in [2.75, 3.05) is 13.2 Å². The largest absolute Gasteiger partial charge is 0.472 e. The lowest BCUT2D eigenvalue weighted by Gasteiger charge is -2.41. The Morgan fingerprint density at radius 3 is 1.63 bits per heavy atom. The van der Waals surface area contributed by atoms with E-state index in [1.165, 1.54) is 0 Å². The highest BCUT2D eigenvalue weighted by Crippen LogP contribution is 2.47. The number of allylic oxidation sites excluding steroid dienone is 8. The minimum Gasteiger partial charge on any atom is -0.462 e. The maximum Gasteiger partial charge on any atom is 0.472 e. The maximum absolute atomic E-state index is 12.7. The van der Waals surface area contributed by atoms with Crippen LogP contribution in [0.3, 0.4) is 0 Å². The zero-order valence-corrected chi connectivity index (χ0v) is 33.4. The topological polar surface area (TPSA) is 210 Å². The summed E-state index contributed by atoms with van der Waals surface area (Å²) in [4.78, 5) is 35.4. The van der Waals surface area contributed by atoms with Crippen molar-refractivity contribution in [3.8, 4) is 0 Å². The van der Waals surface area contributed by atoms with E-state index in [0.29, 0.717) is 12.8 Å². The third kappa shape index (κ3) is 23.7. The molecule has 0 radical (unpaired) electrons. The Balaban J connectivity index is 2.55. The summed E-state index contributed by atoms with van der Waals surface area (Å²) in [5, 5.41) is 49.9. The molecule has 1 fully saturated rings. The number of phosphoric acid groups is 1. The van der Waals surface area contributed by atoms with Gasteiger partial charge in [-0.2, -0.15) is 0 Å². The lowest BCUT2D eigenvalue weighted by molar-refractivity contribution is -0.220. The summed E-state index contributed by atoms with van der Waals surface area (Å²) in [5.41, 5.74) is 0. The van der Waals surface area contributed by atoms with Crippen LogP contribution in [0.5, 0.6) is 0 Å². The van der Waals surface area contributed by atoms with Crippen LogP contribution in [0.15, 0.2) is 48.6 Å². The predicted octanol–water partition coefficient (Wildman–Crippen LogP) is 6.44. The lowest BCUT2D eigenvalue weighted by atomic mass is 9.85. The predicted molar refractivity (Wildman–Crippen MR) is 207 cm³/mol. The van der Waals surface area contributed by atoms with Gasteiger partial charge in [0, 0.05) is 12.8 Å². The van der Waals surface area contributed by atoms with Crippen LogP contribution in [-0.2, 0) is 32.7 Å². The molecule has 1 rings (SSSR count). The Morgan fingerprint density at radius 1 is 0.593 bits per heavy atom. The Bertz CT molecular complexity index is 1140. The molecule has 0 aromatic carbocycles. The normalized spacial score (nSPS) is 23.8. The van der Waals surface area contributed by atoms with Gasteiger partial charge in [-0.25, -0.2) is 4.57 Å². The second-order valence-corrected chi connectivity index (χ2v) is 15.2. The number of aliphatic hydroxyl groups is 5. The van der Waals surface area contributed by atoms with Gasteiger partial charge in [-0.1, -0.05) is 107 Å². The van der Waals surface area contributed by atoms with E-state index in [1.807, 2.05) is 0 Å². The molecule has 6 N–H and O–H groups in total. The van der Waals surface area contributed by atoms with Crippen LogP contribution < -0.4 is 0 Å². The first-order valence-electron chi connectivity index (χ1n) is 19.9. The van der Waals surface area contributed by atoms with Crippen LogP contribution in [0.2, 0.25) is 0 Å². The van der Waals surface area contributed by atoms with Crippen molar-refractivity contribution in [1.29, 1.82) is 0 Å². The van der Waals surface area contributed by atoms with Gasteiger partial charge in [0.2, 0.25) is 0 Å². The second-order valence-electron chi connectivity index (χ2n) is 13.7. The molecule has 1 aliphatic carbocycles. The minimum atomic E-state index is -5.12. The van der Waals surface area contributed by atoms with Crippen molar-refractivity contribution in [3.63, 3.8) is 0 Å². The molecular formula is C40H69O13P. The number of aliphatic hydroxyl groups excluding tert-OH is 5. The third-order valence-corrected chi connectivity index (χ3v) is 9.87. The first-order valence-corrected chi connectivity index (χ1v) is 21.4. The molecular weight excluding hydrogens is 719 g/mol. The number of hydrogen-bond acceptors (Lipinski definition) is 12. The van der Waals surface area contributed by atoms with Crippen molar-refractivity contribution >= 4 is 19.8 Å². The highest BCUT2D eigenvalue weighted by molar-refractivity contribution is 7.47. The van der Waals surface area contributed by atoms with E-state index in [9.17, 15) is 44.6 Å². The van der Waals surface area contributed by atoms with Crippen molar-refractivity contribution in [2.24, 2.45) is 0 Å². The molecule has 0 heterocycles. The Labute approximate surface area is 322 Å². The van der Waals surface area contributed by atoms with E-state index in [1.54, 1.807) is 0 Å². The molecule has 6 unspecified atom stereocenters. The summed E-state index contributed by atoms with van der Waals surface area (Å²) >= 11 is 0. The standard InChI is InChI=1S/C40H69O13P/c1-3-5-7-9-11-13-15-16-17-18-19-21-23-25-27-29-34(42)52-32(30-50-33(41)28-26-24-22-20-14-12-10-8-6-4-2)31-51-54(48,49)53-40-38(46)36(44)35(43)37(45)39(40)47/h5,7-8,10-11,13,16-17,32,35-40,43-47H,3-4,6,9,12,14-15,18-31H2,1-2H3,(H,48,49)/b7-5-,10-8-,13-11-,17-16-. The molecule has 6 atom stereocenters. The molecule has 0 bridgehead atoms. The van der Waals surface area contributed by atoms with Gasteiger partial charge in [0.1, 0.15) is 43.2 Å². The summed E-state index contributed by atoms with van der Waals surface area (Å²) in [6.45, 7) is 3.06. The fourth-order valence-corrected chi connectivity index (χ4v) is 6.63. The van der Waals surface area contributed by atoms with Gasteiger partial charge in [-0.15, -0.1) is 0 Å². The smallest absolute Gasteiger partial charge is 0.462 e. The zero-order chi connectivity index (χ0) is 40.0. The number of rotatable bonds is 31. The molecule has 0 aromatic heterocycles. The van der Waals surface area contributed by atoms with Gasteiger partial charge < -0.3 is 39.9 Å². The second kappa shape index (κ2) is 31.0. The van der Waals surface area contributed by atoms with Crippen LogP contribution in [0.4, 0.5) is 0 Å². The van der Waals surface area contributed by atoms with Crippen LogP contribution in [0, 0.1) is 0 Å². The molecule has 0 aliphatic heterocycles. The minimum absolute atomic E-state index is 0.0738. The number of hydrogen-bond donors (Lipinski definition) is 6. The summed E-state index contributed by atoms with van der Waals surface area (Å²) in [7, 11) is -5.12. The van der Waals surface area contributed by atoms with E-state index < -0.39 is 75.7 Å². The third-order valence-electron chi connectivity index (χ3n) is 8.89. The fraction of sp³-hybridized carbons (Fsp3) is 0.750. The Morgan fingerprint density at radius 2 is 1.06 bits per heavy atom. The number of carbonyl (C=O) groups is 2. The number of phosphoric ester groups is 1. The number of esters is 2. The van der Waals surface area contributed by atoms with Crippen molar-refractivity contribution in [3.05, 3.63) is 48.6 Å². The van der Waals surface area contributed by atoms with Gasteiger partial charge in [-0.3, -0.25) is 18.6 Å². The number of ether oxygens (including phenoxy) is 2. The highest BCUT2D eigenvalue weighted by atomic mass is 31.2. The van der Waals surface area contributed by atoms with E-state index in [4.69, 9.17) is 18.5 Å². The maximum atomic E-state index is 12.7. The van der Waals surface area contributed by atoms with Crippen LogP contribution in [0.25, 0.3) is 0 Å². The van der Waals surface area contributed by atoms with E-state index in [2.05, 4.69) is 62.5 Å². The zero-order valence-electron chi connectivity index (χ0n) is 32.5. The molecule has 1 saturated carbocycles. The van der Waals surface area contributed by atoms with Gasteiger partial charge in [-0.05, 0) is 64.2 Å². The molecule has 13 nitrogen and oxygen atoms in total. The number of unbranched alkanes of at least 4 members (excludes halogenated alkanes) is 11. The summed E-state index contributed by atoms with van der Waals surface area (Å²) < 4.78 is 33.3. The van der Waals surface area contributed by atoms with E-state index in [0.717, 1.165) is 96.3 Å². The number of carbonyl (C=O) groups excluding carboxylic acids is 2.